The Labute approximate surface area is 75.2 Å². The van der Waals surface area contributed by atoms with Gasteiger partial charge in [0.25, 0.3) is 0 Å². The number of piperidine rings is 1. The zero-order valence-corrected chi connectivity index (χ0v) is 8.30. The van der Waals surface area contributed by atoms with Crippen LogP contribution in [0.4, 0.5) is 0 Å². The molecule has 1 saturated heterocycles. The smallest absolute Gasteiger partial charge is 0.0669 e. The molecule has 1 fully saturated rings. The van der Waals surface area contributed by atoms with Crippen LogP contribution >= 0.6 is 0 Å². The zero-order valence-electron chi connectivity index (χ0n) is 8.30. The quantitative estimate of drug-likeness (QED) is 0.550. The lowest BCUT2D eigenvalue weighted by Gasteiger charge is -2.39. The first-order valence-electron chi connectivity index (χ1n) is 4.68. The first-order chi connectivity index (χ1) is 5.54. The van der Waals surface area contributed by atoms with Gasteiger partial charge in [0, 0.05) is 12.1 Å². The molecule has 0 saturated carbocycles. The predicted molar refractivity (Wildman–Crippen MR) is 49.7 cm³/mol. The van der Waals surface area contributed by atoms with E-state index in [1.807, 2.05) is 0 Å². The molecular weight excluding hydrogens is 148 g/mol. The van der Waals surface area contributed by atoms with Crippen molar-refractivity contribution in [2.24, 2.45) is 5.92 Å². The summed E-state index contributed by atoms with van der Waals surface area (Å²) in [5, 5.41) is 8.80. The van der Waals surface area contributed by atoms with Crippen LogP contribution in [0, 0.1) is 17.2 Å². The average Bonchev–Trinajstić information content (AvgIpc) is 2.03. The highest BCUT2D eigenvalue weighted by atomic mass is 15.2. The van der Waals surface area contributed by atoms with E-state index in [9.17, 15) is 0 Å². The third-order valence-electron chi connectivity index (χ3n) is 2.55. The van der Waals surface area contributed by atoms with Gasteiger partial charge in [-0.15, -0.1) is 0 Å². The molecule has 1 atom stereocenters. The van der Waals surface area contributed by atoms with Crippen LogP contribution in [0.25, 0.3) is 0 Å². The van der Waals surface area contributed by atoms with Crippen molar-refractivity contribution in [1.29, 1.82) is 5.26 Å². The Kier molecular flexibility index (Phi) is 2.74. The minimum absolute atomic E-state index is 0.232. The highest BCUT2D eigenvalue weighted by Crippen LogP contribution is 2.22. The Morgan fingerprint density at radius 2 is 2.08 bits per heavy atom. The molecule has 2 nitrogen and oxygen atoms in total. The monoisotopic (exact) mass is 166 g/mol. The van der Waals surface area contributed by atoms with Gasteiger partial charge in [0.15, 0.2) is 0 Å². The summed E-state index contributed by atoms with van der Waals surface area (Å²) in [6.45, 7) is 8.76. The van der Waals surface area contributed by atoms with Crippen molar-refractivity contribution >= 4 is 0 Å². The van der Waals surface area contributed by atoms with E-state index in [1.54, 1.807) is 0 Å². The van der Waals surface area contributed by atoms with E-state index < -0.39 is 0 Å². The molecule has 1 rings (SSSR count). The van der Waals surface area contributed by atoms with Crippen molar-refractivity contribution in [2.45, 2.75) is 39.2 Å². The number of nitrogens with zero attached hydrogens (tertiary/aromatic N) is 2. The van der Waals surface area contributed by atoms with Crippen LogP contribution in [0.1, 0.15) is 33.6 Å². The van der Waals surface area contributed by atoms with E-state index in [0.29, 0.717) is 0 Å². The lowest BCUT2D eigenvalue weighted by atomic mass is 9.94. The largest absolute Gasteiger partial charge is 0.297 e. The Bertz CT molecular complexity index is 185. The van der Waals surface area contributed by atoms with Crippen molar-refractivity contribution in [3.63, 3.8) is 0 Å². The highest BCUT2D eigenvalue weighted by Gasteiger charge is 2.27. The van der Waals surface area contributed by atoms with E-state index in [4.69, 9.17) is 5.26 Å². The number of hydrogen-bond acceptors (Lipinski definition) is 2. The summed E-state index contributed by atoms with van der Waals surface area (Å²) < 4.78 is 0. The van der Waals surface area contributed by atoms with Crippen LogP contribution in [0.15, 0.2) is 0 Å². The van der Waals surface area contributed by atoms with E-state index in [1.165, 1.54) is 6.42 Å². The topological polar surface area (TPSA) is 27.0 Å². The van der Waals surface area contributed by atoms with Crippen molar-refractivity contribution in [3.8, 4) is 6.07 Å². The number of hydrogen-bond donors (Lipinski definition) is 0. The summed E-state index contributed by atoms with van der Waals surface area (Å²) >= 11 is 0. The maximum Gasteiger partial charge on any atom is 0.0669 e. The van der Waals surface area contributed by atoms with Crippen molar-refractivity contribution in [2.75, 3.05) is 13.1 Å². The summed E-state index contributed by atoms with van der Waals surface area (Å²) in [4.78, 5) is 2.41. The Hall–Kier alpha value is -0.550. The van der Waals surface area contributed by atoms with E-state index in [-0.39, 0.29) is 11.5 Å². The number of rotatable bonds is 0. The normalized spacial score (nSPS) is 26.7. The Morgan fingerprint density at radius 1 is 1.42 bits per heavy atom. The number of nitriles is 1. The molecule has 1 heterocycles. The maximum absolute atomic E-state index is 8.80. The predicted octanol–water partition coefficient (Wildman–Crippen LogP) is 2.02. The third kappa shape index (κ3) is 2.22. The van der Waals surface area contributed by atoms with E-state index in [2.05, 4.69) is 31.7 Å². The summed E-state index contributed by atoms with van der Waals surface area (Å²) in [5.74, 6) is 0.262. The lowest BCUT2D eigenvalue weighted by Crippen LogP contribution is -2.46. The maximum atomic E-state index is 8.80. The Balaban J connectivity index is 2.53. The summed E-state index contributed by atoms with van der Waals surface area (Å²) in [7, 11) is 0. The van der Waals surface area contributed by atoms with Gasteiger partial charge in [0.1, 0.15) is 0 Å². The molecule has 1 aliphatic heterocycles. The standard InChI is InChI=1S/C10H18N2/c1-10(2,3)12-6-4-5-9(7-11)8-12/h9H,4-6,8H2,1-3H3. The molecular formula is C10H18N2. The van der Waals surface area contributed by atoms with Crippen molar-refractivity contribution in [1.82, 2.24) is 4.90 Å². The van der Waals surface area contributed by atoms with Gasteiger partial charge in [-0.2, -0.15) is 5.26 Å². The summed E-state index contributed by atoms with van der Waals surface area (Å²) in [6, 6.07) is 2.36. The van der Waals surface area contributed by atoms with Crippen molar-refractivity contribution in [3.05, 3.63) is 0 Å². The van der Waals surface area contributed by atoms with Gasteiger partial charge in [-0.05, 0) is 40.2 Å². The fraction of sp³-hybridized carbons (Fsp3) is 0.900. The van der Waals surface area contributed by atoms with Crippen LogP contribution in [0.5, 0.6) is 0 Å². The fourth-order valence-electron chi connectivity index (χ4n) is 1.69. The highest BCUT2D eigenvalue weighted by molar-refractivity contribution is 4.91. The van der Waals surface area contributed by atoms with Crippen LogP contribution < -0.4 is 0 Å². The lowest BCUT2D eigenvalue weighted by molar-refractivity contribution is 0.0934. The molecule has 0 radical (unpaired) electrons. The van der Waals surface area contributed by atoms with Crippen LogP contribution in [-0.2, 0) is 0 Å². The fourth-order valence-corrected chi connectivity index (χ4v) is 1.69. The van der Waals surface area contributed by atoms with Gasteiger partial charge in [-0.3, -0.25) is 4.90 Å². The number of likely N-dealkylation sites (tertiary alicyclic amines) is 1. The SMILES string of the molecule is CC(C)(C)N1CCCC(C#N)C1. The molecule has 68 valence electrons. The zero-order chi connectivity index (χ0) is 9.19. The van der Waals surface area contributed by atoms with Gasteiger partial charge in [-0.1, -0.05) is 0 Å². The first-order valence-corrected chi connectivity index (χ1v) is 4.68. The first kappa shape index (κ1) is 9.54. The molecule has 0 aromatic carbocycles. The molecule has 1 unspecified atom stereocenters. The molecule has 0 aliphatic carbocycles. The average molecular weight is 166 g/mol. The van der Waals surface area contributed by atoms with Gasteiger partial charge in [0.05, 0.1) is 12.0 Å². The van der Waals surface area contributed by atoms with Crippen LogP contribution in [-0.4, -0.2) is 23.5 Å². The van der Waals surface area contributed by atoms with Gasteiger partial charge < -0.3 is 0 Å². The van der Waals surface area contributed by atoms with E-state index >= 15 is 0 Å². The molecule has 0 amide bonds. The van der Waals surface area contributed by atoms with Gasteiger partial charge in [0.2, 0.25) is 0 Å². The molecule has 12 heavy (non-hydrogen) atoms. The molecule has 0 aromatic rings. The second-order valence-electron chi connectivity index (χ2n) is 4.59. The summed E-state index contributed by atoms with van der Waals surface area (Å²) in [6.07, 6.45) is 2.26. The summed E-state index contributed by atoms with van der Waals surface area (Å²) in [5.41, 5.74) is 0.232. The second-order valence-corrected chi connectivity index (χ2v) is 4.59. The van der Waals surface area contributed by atoms with Gasteiger partial charge >= 0.3 is 0 Å². The molecule has 0 aromatic heterocycles. The van der Waals surface area contributed by atoms with E-state index in [0.717, 1.165) is 19.5 Å². The molecule has 0 N–H and O–H groups in total. The van der Waals surface area contributed by atoms with Crippen LogP contribution in [0.3, 0.4) is 0 Å². The minimum atomic E-state index is 0.232. The molecule has 0 spiro atoms. The molecule has 0 bridgehead atoms. The van der Waals surface area contributed by atoms with Crippen molar-refractivity contribution < 1.29 is 0 Å². The second kappa shape index (κ2) is 3.45. The van der Waals surface area contributed by atoms with Gasteiger partial charge in [-0.25, -0.2) is 0 Å². The minimum Gasteiger partial charge on any atom is -0.297 e. The molecule has 1 aliphatic rings. The molecule has 2 heteroatoms. The Morgan fingerprint density at radius 3 is 2.58 bits per heavy atom. The van der Waals surface area contributed by atoms with Crippen LogP contribution in [0.2, 0.25) is 0 Å². The third-order valence-corrected chi connectivity index (χ3v) is 2.55.